The molecule has 1 aromatic carbocycles. The summed E-state index contributed by atoms with van der Waals surface area (Å²) >= 11 is 1.23. The number of hydrogen-bond donors (Lipinski definition) is 1. The second-order valence-corrected chi connectivity index (χ2v) is 12.0. The van der Waals surface area contributed by atoms with E-state index in [9.17, 15) is 8.42 Å². The van der Waals surface area contributed by atoms with Crippen molar-refractivity contribution in [3.63, 3.8) is 0 Å². The van der Waals surface area contributed by atoms with E-state index in [-0.39, 0.29) is 10.8 Å². The molecule has 0 aliphatic heterocycles. The van der Waals surface area contributed by atoms with E-state index in [0.717, 1.165) is 31.4 Å². The molecule has 0 aliphatic carbocycles. The van der Waals surface area contributed by atoms with Crippen LogP contribution in [0.2, 0.25) is 0 Å². The van der Waals surface area contributed by atoms with Crippen molar-refractivity contribution in [2.75, 3.05) is 13.2 Å². The lowest BCUT2D eigenvalue weighted by molar-refractivity contribution is 0.296. The lowest BCUT2D eigenvalue weighted by Crippen LogP contribution is -2.24. The minimum atomic E-state index is -3.38. The molecule has 0 spiro atoms. The van der Waals surface area contributed by atoms with Crippen LogP contribution in [-0.4, -0.2) is 21.6 Å². The largest absolute Gasteiger partial charge is 0.493 e. The Morgan fingerprint density at radius 3 is 2.30 bits per heavy atom. The van der Waals surface area contributed by atoms with Gasteiger partial charge in [0.15, 0.2) is 0 Å². The Balaban J connectivity index is 1.96. The quantitative estimate of drug-likeness (QED) is 0.387. The van der Waals surface area contributed by atoms with Crippen molar-refractivity contribution in [1.29, 1.82) is 0 Å². The smallest absolute Gasteiger partial charge is 0.250 e. The minimum Gasteiger partial charge on any atom is -0.493 e. The fourth-order valence-electron chi connectivity index (χ4n) is 3.10. The lowest BCUT2D eigenvalue weighted by atomic mass is 9.76. The SMILES string of the molecule is CCC(C)(C)c1ccc(OCCCCNS(=O)(=O)c2cccs2)c(C(C)(C)CC)c1. The van der Waals surface area contributed by atoms with E-state index >= 15 is 0 Å². The molecule has 2 rings (SSSR count). The van der Waals surface area contributed by atoms with Crippen LogP contribution in [0.5, 0.6) is 5.75 Å². The van der Waals surface area contributed by atoms with E-state index in [4.69, 9.17) is 4.74 Å². The second-order valence-electron chi connectivity index (χ2n) is 9.07. The molecule has 1 heterocycles. The maximum Gasteiger partial charge on any atom is 0.250 e. The molecular formula is C24H37NO3S2. The zero-order chi connectivity index (χ0) is 22.4. The Kier molecular flexibility index (Phi) is 8.54. The van der Waals surface area contributed by atoms with Crippen molar-refractivity contribution in [2.45, 2.75) is 82.3 Å². The van der Waals surface area contributed by atoms with Gasteiger partial charge in [-0.15, -0.1) is 11.3 Å². The molecule has 0 bridgehead atoms. The highest BCUT2D eigenvalue weighted by Crippen LogP contribution is 2.38. The number of unbranched alkanes of at least 4 members (excludes halogenated alkanes) is 1. The van der Waals surface area contributed by atoms with Crippen LogP contribution >= 0.6 is 11.3 Å². The fraction of sp³-hybridized carbons (Fsp3) is 0.583. The molecule has 30 heavy (non-hydrogen) atoms. The van der Waals surface area contributed by atoms with Gasteiger partial charge in [0.05, 0.1) is 6.61 Å². The first-order valence-electron chi connectivity index (χ1n) is 10.8. The highest BCUT2D eigenvalue weighted by atomic mass is 32.2. The highest BCUT2D eigenvalue weighted by molar-refractivity contribution is 7.91. The summed E-state index contributed by atoms with van der Waals surface area (Å²) in [5.74, 6) is 0.941. The zero-order valence-electron chi connectivity index (χ0n) is 19.2. The summed E-state index contributed by atoms with van der Waals surface area (Å²) in [6.07, 6.45) is 3.64. The number of ether oxygens (including phenoxy) is 1. The van der Waals surface area contributed by atoms with E-state index in [0.29, 0.717) is 17.4 Å². The first-order valence-corrected chi connectivity index (χ1v) is 13.2. The van der Waals surface area contributed by atoms with Crippen LogP contribution < -0.4 is 9.46 Å². The Morgan fingerprint density at radius 2 is 1.70 bits per heavy atom. The van der Waals surface area contributed by atoms with Crippen LogP contribution in [0.4, 0.5) is 0 Å². The van der Waals surface area contributed by atoms with Gasteiger partial charge < -0.3 is 4.74 Å². The number of hydrogen-bond acceptors (Lipinski definition) is 4. The van der Waals surface area contributed by atoms with Gasteiger partial charge in [-0.1, -0.05) is 59.7 Å². The average Bonchev–Trinajstić information content (AvgIpc) is 3.26. The van der Waals surface area contributed by atoms with Gasteiger partial charge in [0.25, 0.3) is 0 Å². The molecule has 0 aliphatic rings. The van der Waals surface area contributed by atoms with Gasteiger partial charge in [-0.2, -0.15) is 0 Å². The molecule has 0 saturated heterocycles. The average molecular weight is 452 g/mol. The minimum absolute atomic E-state index is 0.0332. The number of rotatable bonds is 12. The maximum absolute atomic E-state index is 12.1. The monoisotopic (exact) mass is 451 g/mol. The summed E-state index contributed by atoms with van der Waals surface area (Å²) in [7, 11) is -3.38. The molecule has 0 radical (unpaired) electrons. The van der Waals surface area contributed by atoms with E-state index < -0.39 is 10.0 Å². The van der Waals surface area contributed by atoms with Gasteiger partial charge in [0.2, 0.25) is 10.0 Å². The number of sulfonamides is 1. The summed E-state index contributed by atoms with van der Waals surface area (Å²) in [6, 6.07) is 9.98. The van der Waals surface area contributed by atoms with Crippen LogP contribution in [0.3, 0.4) is 0 Å². The Labute approximate surface area is 187 Å². The summed E-state index contributed by atoms with van der Waals surface area (Å²) in [6.45, 7) is 14.5. The predicted molar refractivity (Wildman–Crippen MR) is 127 cm³/mol. The molecular weight excluding hydrogens is 414 g/mol. The van der Waals surface area contributed by atoms with Crippen molar-refractivity contribution >= 4 is 21.4 Å². The van der Waals surface area contributed by atoms with Crippen LogP contribution in [0.1, 0.15) is 78.4 Å². The molecule has 0 fully saturated rings. The Morgan fingerprint density at radius 1 is 1.00 bits per heavy atom. The van der Waals surface area contributed by atoms with Crippen molar-refractivity contribution in [1.82, 2.24) is 4.72 Å². The highest BCUT2D eigenvalue weighted by Gasteiger charge is 2.26. The van der Waals surface area contributed by atoms with Crippen molar-refractivity contribution in [3.05, 3.63) is 46.8 Å². The van der Waals surface area contributed by atoms with E-state index in [1.54, 1.807) is 17.5 Å². The fourth-order valence-corrected chi connectivity index (χ4v) is 5.22. The standard InChI is InChI=1S/C24H37NO3S2/c1-7-23(3,4)19-13-14-21(20(18-19)24(5,6)8-2)28-16-10-9-15-25-30(26,27)22-12-11-17-29-22/h11-14,17-18,25H,7-10,15-16H2,1-6H3. The van der Waals surface area contributed by atoms with Crippen LogP contribution in [0.15, 0.2) is 39.9 Å². The third-order valence-electron chi connectivity index (χ3n) is 6.14. The molecule has 0 unspecified atom stereocenters. The first-order chi connectivity index (χ1) is 14.0. The van der Waals surface area contributed by atoms with Crippen molar-refractivity contribution < 1.29 is 13.2 Å². The summed E-state index contributed by atoms with van der Waals surface area (Å²) in [5.41, 5.74) is 2.77. The van der Waals surface area contributed by atoms with E-state index in [1.807, 2.05) is 0 Å². The van der Waals surface area contributed by atoms with Gasteiger partial charge >= 0.3 is 0 Å². The zero-order valence-corrected chi connectivity index (χ0v) is 20.9. The molecule has 0 atom stereocenters. The van der Waals surface area contributed by atoms with Crippen molar-refractivity contribution in [2.24, 2.45) is 0 Å². The molecule has 168 valence electrons. The van der Waals surface area contributed by atoms with E-state index in [1.165, 1.54) is 22.5 Å². The van der Waals surface area contributed by atoms with E-state index in [2.05, 4.69) is 64.5 Å². The lowest BCUT2D eigenvalue weighted by Gasteiger charge is -2.30. The first kappa shape index (κ1) is 24.9. The molecule has 0 saturated carbocycles. The van der Waals surface area contributed by atoms with Gasteiger partial charge in [0.1, 0.15) is 9.96 Å². The Hall–Kier alpha value is -1.37. The maximum atomic E-state index is 12.1. The van der Waals surface area contributed by atoms with Gasteiger partial charge in [-0.3, -0.25) is 0 Å². The molecule has 1 aromatic heterocycles. The number of nitrogens with one attached hydrogen (secondary N) is 1. The van der Waals surface area contributed by atoms with Gasteiger partial charge in [-0.05, 0) is 59.6 Å². The molecule has 2 aromatic rings. The Bertz CT molecular complexity index is 901. The van der Waals surface area contributed by atoms with Gasteiger partial charge in [0, 0.05) is 12.1 Å². The molecule has 0 amide bonds. The van der Waals surface area contributed by atoms with Crippen LogP contribution in [0, 0.1) is 0 Å². The summed E-state index contributed by atoms with van der Waals surface area (Å²) in [4.78, 5) is 0. The van der Waals surface area contributed by atoms with Crippen LogP contribution in [0.25, 0.3) is 0 Å². The topological polar surface area (TPSA) is 55.4 Å². The van der Waals surface area contributed by atoms with Gasteiger partial charge in [-0.25, -0.2) is 13.1 Å². The molecule has 6 heteroatoms. The molecule has 1 N–H and O–H groups in total. The third-order valence-corrected chi connectivity index (χ3v) is 9.00. The number of thiophene rings is 1. The summed E-state index contributed by atoms with van der Waals surface area (Å²) in [5, 5.41) is 1.77. The normalized spacial score (nSPS) is 12.9. The molecule has 4 nitrogen and oxygen atoms in total. The van der Waals surface area contributed by atoms with Crippen molar-refractivity contribution in [3.8, 4) is 5.75 Å². The summed E-state index contributed by atoms with van der Waals surface area (Å²) < 4.78 is 33.5. The number of benzene rings is 1. The second kappa shape index (κ2) is 10.3. The predicted octanol–water partition coefficient (Wildman–Crippen LogP) is 6.26. The van der Waals surface area contributed by atoms with Crippen LogP contribution in [-0.2, 0) is 20.9 Å². The third kappa shape index (κ3) is 6.32.